The van der Waals surface area contributed by atoms with E-state index in [1.165, 1.54) is 5.56 Å². The Morgan fingerprint density at radius 2 is 2.06 bits per heavy atom. The Balaban J connectivity index is 2.12. The molecule has 98 valence electrons. The first kappa shape index (κ1) is 13.1. The molecule has 0 spiro atoms. The lowest BCUT2D eigenvalue weighted by Gasteiger charge is -2.22. The number of rotatable bonds is 3. The second-order valence-electron chi connectivity index (χ2n) is 6.43. The molecule has 0 saturated carbocycles. The zero-order chi connectivity index (χ0) is 13.3. The molecule has 1 aromatic carbocycles. The Kier molecular flexibility index (Phi) is 3.44. The van der Waals surface area contributed by atoms with Gasteiger partial charge < -0.3 is 10.7 Å². The maximum atomic E-state index is 6.18. The van der Waals surface area contributed by atoms with Crippen LogP contribution in [0.4, 0.5) is 0 Å². The number of nitrogens with one attached hydrogen (secondary N) is 1. The number of aromatic amines is 1. The largest absolute Gasteiger partial charge is 0.342 e. The van der Waals surface area contributed by atoms with Crippen molar-refractivity contribution in [3.8, 4) is 0 Å². The summed E-state index contributed by atoms with van der Waals surface area (Å²) in [5.41, 5.74) is 9.83. The third kappa shape index (κ3) is 3.33. The molecule has 2 rings (SSSR count). The van der Waals surface area contributed by atoms with E-state index in [0.717, 1.165) is 29.7 Å². The van der Waals surface area contributed by atoms with Gasteiger partial charge in [0, 0.05) is 12.5 Å². The van der Waals surface area contributed by atoms with Crippen LogP contribution >= 0.6 is 0 Å². The van der Waals surface area contributed by atoms with Gasteiger partial charge in [0.25, 0.3) is 0 Å². The lowest BCUT2D eigenvalue weighted by molar-refractivity contribution is 0.337. The number of H-pyrrole nitrogens is 1. The molecular weight excluding hydrogens is 222 g/mol. The second kappa shape index (κ2) is 4.73. The third-order valence-corrected chi connectivity index (χ3v) is 3.02. The standard InChI is InChI=1S/C15H23N3/c1-10-5-6-12-13(7-10)18-14(17-12)8-11(16)9-15(2,3)4/h5-7,11H,8-9,16H2,1-4H3,(H,17,18). The number of benzene rings is 1. The van der Waals surface area contributed by atoms with Crippen molar-refractivity contribution in [1.82, 2.24) is 9.97 Å². The van der Waals surface area contributed by atoms with Gasteiger partial charge in [-0.25, -0.2) is 4.98 Å². The number of hydrogen-bond acceptors (Lipinski definition) is 2. The molecule has 2 aromatic rings. The first-order chi connectivity index (χ1) is 8.33. The Labute approximate surface area is 109 Å². The molecule has 0 amide bonds. The maximum absolute atomic E-state index is 6.18. The first-order valence-electron chi connectivity index (χ1n) is 6.54. The van der Waals surface area contributed by atoms with E-state index in [2.05, 4.69) is 55.9 Å². The Bertz CT molecular complexity index is 534. The molecule has 3 N–H and O–H groups in total. The van der Waals surface area contributed by atoms with Crippen LogP contribution in [0.5, 0.6) is 0 Å². The zero-order valence-corrected chi connectivity index (χ0v) is 11.7. The Morgan fingerprint density at radius 3 is 2.72 bits per heavy atom. The summed E-state index contributed by atoms with van der Waals surface area (Å²) in [6.07, 6.45) is 1.81. The molecule has 1 atom stereocenters. The fourth-order valence-corrected chi connectivity index (χ4v) is 2.38. The predicted octanol–water partition coefficient (Wildman–Crippen LogP) is 3.18. The number of hydrogen-bond donors (Lipinski definition) is 2. The molecule has 1 heterocycles. The van der Waals surface area contributed by atoms with Crippen molar-refractivity contribution in [1.29, 1.82) is 0 Å². The van der Waals surface area contributed by atoms with Crippen LogP contribution in [-0.2, 0) is 6.42 Å². The van der Waals surface area contributed by atoms with Crippen molar-refractivity contribution in [2.45, 2.75) is 46.6 Å². The summed E-state index contributed by atoms with van der Waals surface area (Å²) in [7, 11) is 0. The molecule has 0 saturated heterocycles. The molecule has 0 bridgehead atoms. The summed E-state index contributed by atoms with van der Waals surface area (Å²) in [5.74, 6) is 0.993. The van der Waals surface area contributed by atoms with Crippen LogP contribution in [0, 0.1) is 12.3 Å². The van der Waals surface area contributed by atoms with Gasteiger partial charge in [0.15, 0.2) is 0 Å². The van der Waals surface area contributed by atoms with Crippen LogP contribution in [0.1, 0.15) is 38.6 Å². The van der Waals surface area contributed by atoms with Gasteiger partial charge in [0.05, 0.1) is 11.0 Å². The lowest BCUT2D eigenvalue weighted by Crippen LogP contribution is -2.28. The normalized spacial score (nSPS) is 14.1. The van der Waals surface area contributed by atoms with Crippen molar-refractivity contribution >= 4 is 11.0 Å². The lowest BCUT2D eigenvalue weighted by atomic mass is 9.87. The fourth-order valence-electron chi connectivity index (χ4n) is 2.38. The van der Waals surface area contributed by atoms with Gasteiger partial charge in [-0.05, 0) is 36.5 Å². The average molecular weight is 245 g/mol. The molecule has 3 heteroatoms. The smallest absolute Gasteiger partial charge is 0.108 e. The summed E-state index contributed by atoms with van der Waals surface area (Å²) < 4.78 is 0. The topological polar surface area (TPSA) is 54.7 Å². The molecule has 1 aromatic heterocycles. The van der Waals surface area contributed by atoms with Crippen LogP contribution in [0.3, 0.4) is 0 Å². The molecular formula is C15H23N3. The predicted molar refractivity (Wildman–Crippen MR) is 76.6 cm³/mol. The Hall–Kier alpha value is -1.35. The van der Waals surface area contributed by atoms with E-state index in [4.69, 9.17) is 5.73 Å². The highest BCUT2D eigenvalue weighted by atomic mass is 14.9. The number of fused-ring (bicyclic) bond motifs is 1. The maximum Gasteiger partial charge on any atom is 0.108 e. The molecule has 0 aliphatic rings. The molecule has 0 radical (unpaired) electrons. The van der Waals surface area contributed by atoms with E-state index in [-0.39, 0.29) is 11.5 Å². The highest BCUT2D eigenvalue weighted by Gasteiger charge is 2.17. The highest BCUT2D eigenvalue weighted by Crippen LogP contribution is 2.21. The summed E-state index contributed by atoms with van der Waals surface area (Å²) in [6, 6.07) is 6.43. The van der Waals surface area contributed by atoms with Gasteiger partial charge in [0.2, 0.25) is 0 Å². The van der Waals surface area contributed by atoms with Gasteiger partial charge in [0.1, 0.15) is 5.82 Å². The number of nitrogens with two attached hydrogens (primary N) is 1. The van der Waals surface area contributed by atoms with Crippen molar-refractivity contribution < 1.29 is 0 Å². The van der Waals surface area contributed by atoms with Gasteiger partial charge in [-0.2, -0.15) is 0 Å². The summed E-state index contributed by atoms with van der Waals surface area (Å²) in [4.78, 5) is 7.95. The molecule has 18 heavy (non-hydrogen) atoms. The van der Waals surface area contributed by atoms with Gasteiger partial charge in [-0.15, -0.1) is 0 Å². The Morgan fingerprint density at radius 1 is 1.33 bits per heavy atom. The van der Waals surface area contributed by atoms with Gasteiger partial charge in [-0.3, -0.25) is 0 Å². The first-order valence-corrected chi connectivity index (χ1v) is 6.54. The SMILES string of the molecule is Cc1ccc2nc(CC(N)CC(C)(C)C)[nH]c2c1. The quantitative estimate of drug-likeness (QED) is 0.872. The van der Waals surface area contributed by atoms with E-state index in [1.54, 1.807) is 0 Å². The third-order valence-electron chi connectivity index (χ3n) is 3.02. The van der Waals surface area contributed by atoms with Crippen LogP contribution in [0.15, 0.2) is 18.2 Å². The second-order valence-corrected chi connectivity index (χ2v) is 6.43. The van der Waals surface area contributed by atoms with E-state index >= 15 is 0 Å². The molecule has 0 aliphatic heterocycles. The fraction of sp³-hybridized carbons (Fsp3) is 0.533. The van der Waals surface area contributed by atoms with Crippen molar-refractivity contribution in [2.24, 2.45) is 11.1 Å². The molecule has 3 nitrogen and oxygen atoms in total. The summed E-state index contributed by atoms with van der Waals surface area (Å²) in [6.45, 7) is 8.74. The number of nitrogens with zero attached hydrogens (tertiary/aromatic N) is 1. The highest BCUT2D eigenvalue weighted by molar-refractivity contribution is 5.75. The molecule has 0 aliphatic carbocycles. The van der Waals surface area contributed by atoms with Crippen molar-refractivity contribution in [3.63, 3.8) is 0 Å². The monoisotopic (exact) mass is 245 g/mol. The zero-order valence-electron chi connectivity index (χ0n) is 11.7. The summed E-state index contributed by atoms with van der Waals surface area (Å²) in [5, 5.41) is 0. The molecule has 1 unspecified atom stereocenters. The number of aryl methyl sites for hydroxylation is 1. The van der Waals surface area contributed by atoms with Gasteiger partial charge in [-0.1, -0.05) is 26.8 Å². The van der Waals surface area contributed by atoms with Gasteiger partial charge >= 0.3 is 0 Å². The van der Waals surface area contributed by atoms with Crippen LogP contribution in [0.25, 0.3) is 11.0 Å². The average Bonchev–Trinajstić information content (AvgIpc) is 2.55. The van der Waals surface area contributed by atoms with Crippen LogP contribution in [-0.4, -0.2) is 16.0 Å². The number of aromatic nitrogens is 2. The minimum Gasteiger partial charge on any atom is -0.342 e. The van der Waals surface area contributed by atoms with Crippen molar-refractivity contribution in [2.75, 3.05) is 0 Å². The molecule has 0 fully saturated rings. The van der Waals surface area contributed by atoms with Crippen molar-refractivity contribution in [3.05, 3.63) is 29.6 Å². The van der Waals surface area contributed by atoms with E-state index < -0.39 is 0 Å². The minimum absolute atomic E-state index is 0.159. The van der Waals surface area contributed by atoms with Crippen LogP contribution in [0.2, 0.25) is 0 Å². The summed E-state index contributed by atoms with van der Waals surface area (Å²) >= 11 is 0. The van der Waals surface area contributed by atoms with E-state index in [1.807, 2.05) is 0 Å². The number of imidazole rings is 1. The van der Waals surface area contributed by atoms with E-state index in [9.17, 15) is 0 Å². The minimum atomic E-state index is 0.159. The van der Waals surface area contributed by atoms with Crippen LogP contribution < -0.4 is 5.73 Å². The van der Waals surface area contributed by atoms with E-state index in [0.29, 0.717) is 0 Å².